The average molecular weight is 515 g/mol. The summed E-state index contributed by atoms with van der Waals surface area (Å²) in [6.45, 7) is 1.49. The fourth-order valence-corrected chi connectivity index (χ4v) is 4.98. The van der Waals surface area contributed by atoms with Crippen LogP contribution in [-0.2, 0) is 26.0 Å². The van der Waals surface area contributed by atoms with Crippen LogP contribution in [0.3, 0.4) is 0 Å². The van der Waals surface area contributed by atoms with Gasteiger partial charge in [0.1, 0.15) is 12.3 Å². The number of aryl methyl sites for hydroxylation is 1. The number of sulfonamides is 1. The average Bonchev–Trinajstić information content (AvgIpc) is 2.87. The molecule has 3 rings (SSSR count). The van der Waals surface area contributed by atoms with E-state index in [4.69, 9.17) is 4.74 Å². The minimum absolute atomic E-state index is 0.0437. The number of amides is 2. The molecule has 2 amide bonds. The van der Waals surface area contributed by atoms with Gasteiger partial charge < -0.3 is 10.1 Å². The standard InChI is InChI=1S/C26H34N4O5S/c1-3-21-9-7-8-12-24(21)30(36(2,33)34)18-25(31)29-27-17-20-13-15-23(16-14-20)35-19-26(32)28-22-10-5-4-6-11-22/h7-9,12-17,22H,3-6,10-11,18-19H2,1-2H3,(H,28,32)(H,29,31)/b27-17-. The number of nitrogens with one attached hydrogen (secondary N) is 2. The molecular weight excluding hydrogens is 480 g/mol. The van der Waals surface area contributed by atoms with Crippen molar-refractivity contribution >= 4 is 33.7 Å². The van der Waals surface area contributed by atoms with Gasteiger partial charge in [0.2, 0.25) is 10.0 Å². The third-order valence-corrected chi connectivity index (χ3v) is 7.08. The summed E-state index contributed by atoms with van der Waals surface area (Å²) in [5.41, 5.74) is 4.38. The molecule has 0 spiro atoms. The van der Waals surface area contributed by atoms with Crippen LogP contribution in [0.2, 0.25) is 0 Å². The number of carbonyl (C=O) groups is 2. The van der Waals surface area contributed by atoms with Gasteiger partial charge in [0.25, 0.3) is 11.8 Å². The van der Waals surface area contributed by atoms with Crippen LogP contribution in [-0.4, -0.2) is 51.9 Å². The minimum atomic E-state index is -3.67. The van der Waals surface area contributed by atoms with E-state index in [2.05, 4.69) is 15.8 Å². The van der Waals surface area contributed by atoms with Crippen LogP contribution in [0.15, 0.2) is 53.6 Å². The fraction of sp³-hybridized carbons (Fsp3) is 0.423. The maximum Gasteiger partial charge on any atom is 0.260 e. The van der Waals surface area contributed by atoms with Crippen molar-refractivity contribution in [1.82, 2.24) is 10.7 Å². The molecule has 2 aromatic carbocycles. The van der Waals surface area contributed by atoms with Crippen LogP contribution >= 0.6 is 0 Å². The molecule has 2 aromatic rings. The van der Waals surface area contributed by atoms with Crippen LogP contribution in [0.5, 0.6) is 5.75 Å². The molecule has 194 valence electrons. The molecule has 0 saturated heterocycles. The van der Waals surface area contributed by atoms with Gasteiger partial charge in [-0.2, -0.15) is 5.10 Å². The van der Waals surface area contributed by atoms with E-state index in [1.54, 1.807) is 36.4 Å². The highest BCUT2D eigenvalue weighted by Crippen LogP contribution is 2.23. The van der Waals surface area contributed by atoms with Crippen molar-refractivity contribution in [2.24, 2.45) is 5.10 Å². The Hall–Kier alpha value is -3.40. The first-order chi connectivity index (χ1) is 17.3. The fourth-order valence-electron chi connectivity index (χ4n) is 4.09. The molecule has 0 unspecified atom stereocenters. The third kappa shape index (κ3) is 8.37. The number of hydrogen-bond acceptors (Lipinski definition) is 6. The lowest BCUT2D eigenvalue weighted by Gasteiger charge is -2.23. The van der Waals surface area contributed by atoms with Crippen LogP contribution < -0.4 is 19.8 Å². The predicted octanol–water partition coefficient (Wildman–Crippen LogP) is 2.99. The van der Waals surface area contributed by atoms with E-state index in [9.17, 15) is 18.0 Å². The summed E-state index contributed by atoms with van der Waals surface area (Å²) in [4.78, 5) is 24.5. The maximum absolute atomic E-state index is 12.4. The van der Waals surface area contributed by atoms with Gasteiger partial charge in [-0.3, -0.25) is 13.9 Å². The number of hydrazone groups is 1. The Morgan fingerprint density at radius 2 is 1.75 bits per heavy atom. The number of nitrogens with zero attached hydrogens (tertiary/aromatic N) is 2. The SMILES string of the molecule is CCc1ccccc1N(CC(=O)N/N=C\c1ccc(OCC(=O)NC2CCCCC2)cc1)S(C)(=O)=O. The Kier molecular flexibility index (Phi) is 9.86. The first kappa shape index (κ1) is 27.2. The number of para-hydroxylation sites is 1. The number of hydrogen-bond donors (Lipinski definition) is 2. The summed E-state index contributed by atoms with van der Waals surface area (Å²) in [6.07, 6.45) is 8.72. The number of anilines is 1. The van der Waals surface area contributed by atoms with Crippen LogP contribution in [0.4, 0.5) is 5.69 Å². The second-order valence-corrected chi connectivity index (χ2v) is 10.7. The lowest BCUT2D eigenvalue weighted by Crippen LogP contribution is -2.39. The topological polar surface area (TPSA) is 117 Å². The van der Waals surface area contributed by atoms with Crippen molar-refractivity contribution in [3.63, 3.8) is 0 Å². The summed E-state index contributed by atoms with van der Waals surface area (Å²) >= 11 is 0. The van der Waals surface area contributed by atoms with E-state index in [0.29, 0.717) is 23.4 Å². The lowest BCUT2D eigenvalue weighted by atomic mass is 9.95. The molecule has 1 aliphatic rings. The van der Waals surface area contributed by atoms with Crippen molar-refractivity contribution in [2.45, 2.75) is 51.5 Å². The zero-order valence-electron chi connectivity index (χ0n) is 20.8. The summed E-state index contributed by atoms with van der Waals surface area (Å²) in [5, 5.41) is 6.94. The molecule has 0 bridgehead atoms. The largest absolute Gasteiger partial charge is 0.484 e. The summed E-state index contributed by atoms with van der Waals surface area (Å²) < 4.78 is 31.3. The highest BCUT2D eigenvalue weighted by atomic mass is 32.2. The van der Waals surface area contributed by atoms with Gasteiger partial charge in [0, 0.05) is 6.04 Å². The monoisotopic (exact) mass is 514 g/mol. The van der Waals surface area contributed by atoms with Crippen molar-refractivity contribution in [2.75, 3.05) is 23.7 Å². The highest BCUT2D eigenvalue weighted by Gasteiger charge is 2.22. The van der Waals surface area contributed by atoms with Crippen molar-refractivity contribution in [3.05, 3.63) is 59.7 Å². The molecule has 1 saturated carbocycles. The van der Waals surface area contributed by atoms with Gasteiger partial charge in [0.15, 0.2) is 6.61 Å². The second-order valence-electron chi connectivity index (χ2n) is 8.81. The van der Waals surface area contributed by atoms with Crippen LogP contribution in [0, 0.1) is 0 Å². The molecule has 10 heteroatoms. The van der Waals surface area contributed by atoms with Crippen molar-refractivity contribution < 1.29 is 22.7 Å². The normalized spacial score (nSPS) is 14.4. The molecule has 0 radical (unpaired) electrons. The molecule has 2 N–H and O–H groups in total. The van der Waals surface area contributed by atoms with Gasteiger partial charge in [-0.15, -0.1) is 0 Å². The van der Waals surface area contributed by atoms with Crippen LogP contribution in [0.1, 0.15) is 50.2 Å². The Bertz CT molecular complexity index is 1160. The Morgan fingerprint density at radius 3 is 2.42 bits per heavy atom. The molecule has 1 fully saturated rings. The van der Waals surface area contributed by atoms with E-state index < -0.39 is 15.9 Å². The third-order valence-electron chi connectivity index (χ3n) is 5.95. The summed E-state index contributed by atoms with van der Waals surface area (Å²) in [7, 11) is -3.67. The highest BCUT2D eigenvalue weighted by molar-refractivity contribution is 7.92. The van der Waals surface area contributed by atoms with E-state index in [-0.39, 0.29) is 25.1 Å². The number of rotatable bonds is 11. The molecule has 9 nitrogen and oxygen atoms in total. The molecule has 0 aliphatic heterocycles. The molecule has 36 heavy (non-hydrogen) atoms. The molecule has 1 aliphatic carbocycles. The van der Waals surface area contributed by atoms with E-state index in [1.807, 2.05) is 19.1 Å². The van der Waals surface area contributed by atoms with Gasteiger partial charge in [-0.25, -0.2) is 13.8 Å². The quantitative estimate of drug-likeness (QED) is 0.353. The van der Waals surface area contributed by atoms with E-state index in [1.165, 1.54) is 12.6 Å². The van der Waals surface area contributed by atoms with Crippen LogP contribution in [0.25, 0.3) is 0 Å². The molecule has 0 aromatic heterocycles. The van der Waals surface area contributed by atoms with E-state index in [0.717, 1.165) is 41.8 Å². The van der Waals surface area contributed by atoms with Gasteiger partial charge >= 0.3 is 0 Å². The predicted molar refractivity (Wildman–Crippen MR) is 141 cm³/mol. The molecule has 0 heterocycles. The summed E-state index contributed by atoms with van der Waals surface area (Å²) in [6, 6.07) is 14.2. The zero-order valence-corrected chi connectivity index (χ0v) is 21.6. The maximum atomic E-state index is 12.4. The smallest absolute Gasteiger partial charge is 0.260 e. The summed E-state index contributed by atoms with van der Waals surface area (Å²) in [5.74, 6) is -0.139. The van der Waals surface area contributed by atoms with Gasteiger partial charge in [0.05, 0.1) is 18.2 Å². The van der Waals surface area contributed by atoms with Gasteiger partial charge in [-0.1, -0.05) is 44.4 Å². The minimum Gasteiger partial charge on any atom is -0.484 e. The van der Waals surface area contributed by atoms with E-state index >= 15 is 0 Å². The van der Waals surface area contributed by atoms with Gasteiger partial charge in [-0.05, 0) is 60.7 Å². The number of carbonyl (C=O) groups excluding carboxylic acids is 2. The lowest BCUT2D eigenvalue weighted by molar-refractivity contribution is -0.124. The first-order valence-corrected chi connectivity index (χ1v) is 14.0. The van der Waals surface area contributed by atoms with Crippen molar-refractivity contribution in [3.8, 4) is 5.75 Å². The first-order valence-electron chi connectivity index (χ1n) is 12.2. The number of ether oxygens (including phenoxy) is 1. The molecular formula is C26H34N4O5S. The molecule has 0 atom stereocenters. The Balaban J connectivity index is 1.49. The zero-order chi connectivity index (χ0) is 26.0. The second kappa shape index (κ2) is 13.1. The van der Waals surface area contributed by atoms with Crippen molar-refractivity contribution in [1.29, 1.82) is 0 Å². The Labute approximate surface area is 213 Å². The Morgan fingerprint density at radius 1 is 1.06 bits per heavy atom. The number of benzene rings is 2.